The number of sulfone groups is 1. The highest BCUT2D eigenvalue weighted by Gasteiger charge is 2.40. The number of aryl methyl sites for hydroxylation is 2. The molecule has 4 rings (SSSR count). The van der Waals surface area contributed by atoms with Gasteiger partial charge in [0.2, 0.25) is 0 Å². The van der Waals surface area contributed by atoms with Crippen molar-refractivity contribution >= 4 is 32.5 Å². The maximum absolute atomic E-state index is 15.5. The van der Waals surface area contributed by atoms with Crippen molar-refractivity contribution < 1.29 is 22.0 Å². The summed E-state index contributed by atoms with van der Waals surface area (Å²) in [6.07, 6.45) is 1.08. The van der Waals surface area contributed by atoms with Crippen molar-refractivity contribution in [3.8, 4) is 0 Å². The predicted molar refractivity (Wildman–Crippen MR) is 127 cm³/mol. The van der Waals surface area contributed by atoms with E-state index in [4.69, 9.17) is 0 Å². The highest BCUT2D eigenvalue weighted by Crippen LogP contribution is 2.38. The Morgan fingerprint density at radius 1 is 1.06 bits per heavy atom. The third-order valence-corrected chi connectivity index (χ3v) is 6.72. The third kappa shape index (κ3) is 4.31. The minimum atomic E-state index is -3.43. The Morgan fingerprint density at radius 3 is 2.47 bits per heavy atom. The molecule has 1 amide bonds. The highest BCUT2D eigenvalue weighted by atomic mass is 32.2. The van der Waals surface area contributed by atoms with Gasteiger partial charge in [0, 0.05) is 29.6 Å². The molecule has 34 heavy (non-hydrogen) atoms. The second-order valence-corrected chi connectivity index (χ2v) is 10.0. The summed E-state index contributed by atoms with van der Waals surface area (Å²) < 4.78 is 56.0. The molecule has 176 valence electrons. The smallest absolute Gasteiger partial charge is 0.323 e. The normalized spacial score (nSPS) is 12.1. The van der Waals surface area contributed by atoms with Crippen LogP contribution >= 0.6 is 0 Å². The summed E-state index contributed by atoms with van der Waals surface area (Å²) in [4.78, 5) is 17.1. The van der Waals surface area contributed by atoms with Crippen LogP contribution in [0.3, 0.4) is 0 Å². The topological polar surface area (TPSA) is 81.1 Å². The maximum atomic E-state index is 15.5. The fourth-order valence-corrected chi connectivity index (χ4v) is 4.54. The number of benzene rings is 3. The number of rotatable bonds is 6. The quantitative estimate of drug-likeness (QED) is 0.411. The molecule has 6 nitrogen and oxygen atoms in total. The van der Waals surface area contributed by atoms with Gasteiger partial charge >= 0.3 is 5.92 Å². The molecule has 4 aromatic rings. The van der Waals surface area contributed by atoms with E-state index in [1.807, 2.05) is 0 Å². The van der Waals surface area contributed by atoms with Gasteiger partial charge in [-0.05, 0) is 55.8 Å². The molecule has 0 aliphatic heterocycles. The molecule has 0 saturated carbocycles. The number of imidazole rings is 1. The lowest BCUT2D eigenvalue weighted by Crippen LogP contribution is -2.22. The highest BCUT2D eigenvalue weighted by molar-refractivity contribution is 7.90. The Bertz CT molecular complexity index is 1510. The van der Waals surface area contributed by atoms with Crippen molar-refractivity contribution in [3.05, 3.63) is 89.2 Å². The van der Waals surface area contributed by atoms with Gasteiger partial charge in [0.1, 0.15) is 0 Å². The lowest BCUT2D eigenvalue weighted by atomic mass is 10.0. The second-order valence-electron chi connectivity index (χ2n) is 8.03. The molecule has 0 saturated heterocycles. The summed E-state index contributed by atoms with van der Waals surface area (Å²) in [5.74, 6) is -4.21. The summed E-state index contributed by atoms with van der Waals surface area (Å²) in [5, 5.41) is 2.66. The lowest BCUT2D eigenvalue weighted by Gasteiger charge is -2.19. The fraction of sp³-hybridized carbons (Fsp3) is 0.200. The van der Waals surface area contributed by atoms with Gasteiger partial charge in [-0.1, -0.05) is 30.3 Å². The van der Waals surface area contributed by atoms with E-state index in [-0.39, 0.29) is 22.6 Å². The number of nitrogens with one attached hydrogen (secondary N) is 1. The molecule has 1 aromatic heterocycles. The fourth-order valence-electron chi connectivity index (χ4n) is 3.88. The van der Waals surface area contributed by atoms with Crippen LogP contribution < -0.4 is 5.32 Å². The van der Waals surface area contributed by atoms with Crippen LogP contribution in [0.2, 0.25) is 0 Å². The number of nitrogens with zero attached hydrogens (tertiary/aromatic N) is 2. The number of anilines is 1. The zero-order chi connectivity index (χ0) is 24.7. The van der Waals surface area contributed by atoms with Crippen molar-refractivity contribution in [3.63, 3.8) is 0 Å². The molecule has 0 atom stereocenters. The molecular weight excluding hydrogens is 460 g/mol. The molecule has 9 heteroatoms. The van der Waals surface area contributed by atoms with Crippen LogP contribution in [-0.4, -0.2) is 30.1 Å². The Labute approximate surface area is 196 Å². The van der Waals surface area contributed by atoms with E-state index in [2.05, 4.69) is 10.3 Å². The molecule has 0 aliphatic carbocycles. The number of hydrogen-bond acceptors (Lipinski definition) is 4. The first-order chi connectivity index (χ1) is 16.0. The average molecular weight is 484 g/mol. The Kier molecular flexibility index (Phi) is 5.99. The molecule has 1 heterocycles. The monoisotopic (exact) mass is 483 g/mol. The average Bonchev–Trinajstić information content (AvgIpc) is 3.17. The van der Waals surface area contributed by atoms with Crippen molar-refractivity contribution in [1.29, 1.82) is 0 Å². The minimum Gasteiger partial charge on any atom is -0.323 e. The number of fused-ring (bicyclic) bond motifs is 1. The van der Waals surface area contributed by atoms with Gasteiger partial charge in [0.15, 0.2) is 15.7 Å². The van der Waals surface area contributed by atoms with Gasteiger partial charge < -0.3 is 9.88 Å². The number of aromatic nitrogens is 2. The van der Waals surface area contributed by atoms with Crippen LogP contribution in [0.5, 0.6) is 0 Å². The number of carbonyl (C=O) groups is 1. The van der Waals surface area contributed by atoms with Crippen LogP contribution in [0, 0.1) is 6.92 Å². The van der Waals surface area contributed by atoms with E-state index in [0.717, 1.165) is 6.26 Å². The van der Waals surface area contributed by atoms with Crippen molar-refractivity contribution in [2.75, 3.05) is 11.6 Å². The van der Waals surface area contributed by atoms with Crippen LogP contribution in [0.1, 0.15) is 34.2 Å². The first-order valence-electron chi connectivity index (χ1n) is 10.6. The molecule has 0 fully saturated rings. The first-order valence-corrected chi connectivity index (χ1v) is 12.5. The number of carbonyl (C=O) groups excluding carboxylic acids is 1. The van der Waals surface area contributed by atoms with Crippen LogP contribution in [0.15, 0.2) is 71.6 Å². The van der Waals surface area contributed by atoms with Crippen molar-refractivity contribution in [2.24, 2.45) is 0 Å². The number of alkyl halides is 2. The van der Waals surface area contributed by atoms with Crippen molar-refractivity contribution in [2.45, 2.75) is 31.2 Å². The molecule has 3 aromatic carbocycles. The zero-order valence-corrected chi connectivity index (χ0v) is 19.7. The molecule has 0 aliphatic rings. The molecule has 0 spiro atoms. The van der Waals surface area contributed by atoms with Gasteiger partial charge in [0.25, 0.3) is 5.91 Å². The van der Waals surface area contributed by atoms with E-state index in [1.165, 1.54) is 47.0 Å². The molecule has 0 radical (unpaired) electrons. The van der Waals surface area contributed by atoms with Crippen LogP contribution in [-0.2, 0) is 22.3 Å². The van der Waals surface area contributed by atoms with Gasteiger partial charge in [-0.3, -0.25) is 4.79 Å². The van der Waals surface area contributed by atoms with Gasteiger partial charge in [-0.2, -0.15) is 8.78 Å². The van der Waals surface area contributed by atoms with Crippen LogP contribution in [0.4, 0.5) is 14.5 Å². The van der Waals surface area contributed by atoms with Gasteiger partial charge in [-0.15, -0.1) is 0 Å². The zero-order valence-electron chi connectivity index (χ0n) is 18.8. The minimum absolute atomic E-state index is 0.0768. The van der Waals surface area contributed by atoms with E-state index >= 15 is 8.78 Å². The van der Waals surface area contributed by atoms with E-state index in [1.54, 1.807) is 38.1 Å². The van der Waals surface area contributed by atoms with E-state index in [0.29, 0.717) is 22.3 Å². The number of hydrogen-bond donors (Lipinski definition) is 1. The maximum Gasteiger partial charge on any atom is 0.330 e. The summed E-state index contributed by atoms with van der Waals surface area (Å²) >= 11 is 0. The Hall–Kier alpha value is -3.59. The Morgan fingerprint density at radius 2 is 1.79 bits per heavy atom. The van der Waals surface area contributed by atoms with Gasteiger partial charge in [0.05, 0.1) is 15.9 Å². The molecule has 1 N–H and O–H groups in total. The first kappa shape index (κ1) is 23.6. The van der Waals surface area contributed by atoms with E-state index in [9.17, 15) is 13.2 Å². The molecular formula is C25H23F2N3O3S. The van der Waals surface area contributed by atoms with Gasteiger partial charge in [-0.25, -0.2) is 13.4 Å². The standard InChI is InChI=1S/C25H23F2N3O3S/c1-4-30-22-14-17(23(31)28-18-9-7-10-19(15-18)34(3,32)33)12-13-21(22)29-24(30)25(26,27)20-11-6-5-8-16(20)2/h5-15H,4H2,1-3H3,(H,28,31). The largest absolute Gasteiger partial charge is 0.330 e. The second kappa shape index (κ2) is 8.64. The number of halogens is 2. The van der Waals surface area contributed by atoms with Crippen LogP contribution in [0.25, 0.3) is 11.0 Å². The number of amides is 1. The molecule has 0 bridgehead atoms. The predicted octanol–water partition coefficient (Wildman–Crippen LogP) is 5.16. The summed E-state index contributed by atoms with van der Waals surface area (Å²) in [7, 11) is -3.43. The lowest BCUT2D eigenvalue weighted by molar-refractivity contribution is 0.0290. The SMILES string of the molecule is CCn1c(C(F)(F)c2ccccc2C)nc2ccc(C(=O)Nc3cccc(S(C)(=O)=O)c3)cc21. The van der Waals surface area contributed by atoms with Crippen molar-refractivity contribution in [1.82, 2.24) is 9.55 Å². The summed E-state index contributed by atoms with van der Waals surface area (Å²) in [6, 6.07) is 16.7. The summed E-state index contributed by atoms with van der Waals surface area (Å²) in [6.45, 7) is 3.60. The molecule has 0 unspecified atom stereocenters. The Balaban J connectivity index is 1.72. The third-order valence-electron chi connectivity index (χ3n) is 5.61. The summed E-state index contributed by atoms with van der Waals surface area (Å²) in [5.41, 5.74) is 1.63. The van der Waals surface area contributed by atoms with E-state index < -0.39 is 27.5 Å².